The van der Waals surface area contributed by atoms with Crippen molar-refractivity contribution in [2.75, 3.05) is 33.2 Å². The summed E-state index contributed by atoms with van der Waals surface area (Å²) in [5, 5.41) is 0. The highest BCUT2D eigenvalue weighted by Gasteiger charge is 2.28. The molecule has 0 N–H and O–H groups in total. The Kier molecular flexibility index (Phi) is 6.04. The van der Waals surface area contributed by atoms with Crippen LogP contribution in [0.1, 0.15) is 26.3 Å². The quantitative estimate of drug-likeness (QED) is 0.312. The summed E-state index contributed by atoms with van der Waals surface area (Å²) in [7, 11) is 6.93. The maximum atomic E-state index is 12.7. The van der Waals surface area contributed by atoms with Crippen LogP contribution in [0.15, 0.2) is 66.4 Å². The fourth-order valence-electron chi connectivity index (χ4n) is 3.38. The Morgan fingerprint density at radius 3 is 2.30 bits per heavy atom. The predicted octanol–water partition coefficient (Wildman–Crippen LogP) is 4.61. The van der Waals surface area contributed by atoms with Gasteiger partial charge >= 0.3 is 5.97 Å². The summed E-state index contributed by atoms with van der Waals surface area (Å²) in [5.74, 6) is 0.950. The first kappa shape index (κ1) is 22.0. The topological polar surface area (TPSA) is 74.3 Å². The van der Waals surface area contributed by atoms with Crippen LogP contribution >= 0.6 is 0 Å². The normalized spacial score (nSPS) is 13.3. The lowest BCUT2D eigenvalue weighted by Gasteiger charge is -2.11. The zero-order valence-electron chi connectivity index (χ0n) is 18.7. The molecule has 7 nitrogen and oxygen atoms in total. The molecule has 0 radical (unpaired) electrons. The minimum Gasteiger partial charge on any atom is -0.493 e. The van der Waals surface area contributed by atoms with Crippen LogP contribution in [0.5, 0.6) is 23.0 Å². The third-order valence-electron chi connectivity index (χ3n) is 5.18. The highest BCUT2D eigenvalue weighted by atomic mass is 16.5. The third kappa shape index (κ3) is 4.52. The van der Waals surface area contributed by atoms with E-state index in [1.807, 2.05) is 43.3 Å². The summed E-state index contributed by atoms with van der Waals surface area (Å²) >= 11 is 0. The molecule has 3 aromatic carbocycles. The van der Waals surface area contributed by atoms with Crippen molar-refractivity contribution in [1.82, 2.24) is 0 Å². The molecule has 0 saturated carbocycles. The molecular weight excluding hydrogens is 422 g/mol. The van der Waals surface area contributed by atoms with Gasteiger partial charge in [0.25, 0.3) is 0 Å². The number of anilines is 1. The predicted molar refractivity (Wildman–Crippen MR) is 125 cm³/mol. The number of rotatable bonds is 6. The molecule has 0 bridgehead atoms. The van der Waals surface area contributed by atoms with Crippen LogP contribution in [0.3, 0.4) is 0 Å². The van der Waals surface area contributed by atoms with E-state index in [1.54, 1.807) is 30.3 Å². The van der Waals surface area contributed by atoms with Crippen LogP contribution in [0.2, 0.25) is 0 Å². The molecule has 7 heteroatoms. The number of methoxy groups -OCH3 is 2. The molecule has 33 heavy (non-hydrogen) atoms. The van der Waals surface area contributed by atoms with Crippen molar-refractivity contribution in [2.45, 2.75) is 0 Å². The number of carbonyl (C=O) groups excluding carboxylic acids is 2. The average Bonchev–Trinajstić information content (AvgIpc) is 3.13. The first-order chi connectivity index (χ1) is 15.9. The molecule has 1 aliphatic rings. The number of ketones is 1. The number of hydrogen-bond acceptors (Lipinski definition) is 7. The van der Waals surface area contributed by atoms with E-state index in [4.69, 9.17) is 18.9 Å². The third-order valence-corrected chi connectivity index (χ3v) is 5.18. The van der Waals surface area contributed by atoms with Gasteiger partial charge in [0.1, 0.15) is 11.5 Å². The molecular formula is C26H23NO6. The summed E-state index contributed by atoms with van der Waals surface area (Å²) in [6.07, 6.45) is 1.69. The molecule has 3 aromatic rings. The van der Waals surface area contributed by atoms with Crippen LogP contribution in [0.4, 0.5) is 5.69 Å². The molecule has 0 spiro atoms. The second kappa shape index (κ2) is 9.08. The Morgan fingerprint density at radius 2 is 1.64 bits per heavy atom. The van der Waals surface area contributed by atoms with Crippen LogP contribution in [-0.4, -0.2) is 40.1 Å². The Bertz CT molecular complexity index is 1240. The lowest BCUT2D eigenvalue weighted by molar-refractivity contribution is 0.0734. The SMILES string of the molecule is COc1ccc(C(=O)Oc2ccc3c(c2)O/C(=C\c2ccc(N(C)C)cc2)C3=O)cc1OC. The monoisotopic (exact) mass is 445 g/mol. The zero-order chi connectivity index (χ0) is 23.5. The summed E-state index contributed by atoms with van der Waals surface area (Å²) in [4.78, 5) is 27.3. The molecule has 0 aromatic heterocycles. The van der Waals surface area contributed by atoms with Gasteiger partial charge in [0.15, 0.2) is 17.3 Å². The van der Waals surface area contributed by atoms with Crippen molar-refractivity contribution >= 4 is 23.5 Å². The van der Waals surface area contributed by atoms with E-state index in [9.17, 15) is 9.59 Å². The second-order valence-corrected chi connectivity index (χ2v) is 7.54. The van der Waals surface area contributed by atoms with E-state index in [-0.39, 0.29) is 17.3 Å². The van der Waals surface area contributed by atoms with E-state index >= 15 is 0 Å². The fraction of sp³-hybridized carbons (Fsp3) is 0.154. The van der Waals surface area contributed by atoms with Crippen LogP contribution in [0.25, 0.3) is 6.08 Å². The van der Waals surface area contributed by atoms with Gasteiger partial charge in [-0.2, -0.15) is 0 Å². The number of carbonyl (C=O) groups is 2. The standard InChI is InChI=1S/C26H23NO6/c1-27(2)18-8-5-16(6-9-18)13-24-25(28)20-11-10-19(15-22(20)33-24)32-26(29)17-7-12-21(30-3)23(14-17)31-4/h5-15H,1-4H3/b24-13-. The van der Waals surface area contributed by atoms with Crippen molar-refractivity contribution in [3.8, 4) is 23.0 Å². The van der Waals surface area contributed by atoms with Crippen molar-refractivity contribution in [3.63, 3.8) is 0 Å². The molecule has 168 valence electrons. The molecule has 0 fully saturated rings. The van der Waals surface area contributed by atoms with Crippen LogP contribution < -0.4 is 23.8 Å². The number of esters is 1. The Hall–Kier alpha value is -4.26. The molecule has 0 atom stereocenters. The molecule has 4 rings (SSSR count). The molecule has 1 heterocycles. The van der Waals surface area contributed by atoms with Crippen molar-refractivity contribution in [3.05, 3.63) is 83.1 Å². The molecule has 0 saturated heterocycles. The van der Waals surface area contributed by atoms with Gasteiger partial charge in [-0.3, -0.25) is 4.79 Å². The highest BCUT2D eigenvalue weighted by molar-refractivity contribution is 6.14. The number of nitrogens with zero attached hydrogens (tertiary/aromatic N) is 1. The van der Waals surface area contributed by atoms with Gasteiger partial charge in [-0.15, -0.1) is 0 Å². The number of ether oxygens (including phenoxy) is 4. The van der Waals surface area contributed by atoms with Gasteiger partial charge in [0.2, 0.25) is 5.78 Å². The number of allylic oxidation sites excluding steroid dienone is 1. The van der Waals surface area contributed by atoms with Gasteiger partial charge in [-0.05, 0) is 54.1 Å². The molecule has 0 unspecified atom stereocenters. The van der Waals surface area contributed by atoms with E-state index in [2.05, 4.69) is 0 Å². The zero-order valence-corrected chi connectivity index (χ0v) is 18.7. The Morgan fingerprint density at radius 1 is 0.909 bits per heavy atom. The summed E-state index contributed by atoms with van der Waals surface area (Å²) < 4.78 is 21.7. The summed E-state index contributed by atoms with van der Waals surface area (Å²) in [6.45, 7) is 0. The summed E-state index contributed by atoms with van der Waals surface area (Å²) in [5.41, 5.74) is 2.61. The minimum absolute atomic E-state index is 0.214. The van der Waals surface area contributed by atoms with E-state index in [0.29, 0.717) is 28.4 Å². The van der Waals surface area contributed by atoms with Crippen molar-refractivity contribution in [1.29, 1.82) is 0 Å². The van der Waals surface area contributed by atoms with Gasteiger partial charge in [-0.25, -0.2) is 4.79 Å². The minimum atomic E-state index is -0.572. The van der Waals surface area contributed by atoms with Gasteiger partial charge in [-0.1, -0.05) is 12.1 Å². The first-order valence-electron chi connectivity index (χ1n) is 10.2. The number of hydrogen-bond donors (Lipinski definition) is 0. The lowest BCUT2D eigenvalue weighted by Crippen LogP contribution is -2.09. The van der Waals surface area contributed by atoms with E-state index in [1.165, 1.54) is 26.4 Å². The second-order valence-electron chi connectivity index (χ2n) is 7.54. The molecule has 0 aliphatic carbocycles. The van der Waals surface area contributed by atoms with E-state index in [0.717, 1.165) is 11.3 Å². The molecule has 1 aliphatic heterocycles. The first-order valence-corrected chi connectivity index (χ1v) is 10.2. The highest BCUT2D eigenvalue weighted by Crippen LogP contribution is 2.35. The van der Waals surface area contributed by atoms with E-state index < -0.39 is 5.97 Å². The van der Waals surface area contributed by atoms with Gasteiger partial charge < -0.3 is 23.8 Å². The van der Waals surface area contributed by atoms with Crippen LogP contribution in [-0.2, 0) is 0 Å². The summed E-state index contributed by atoms with van der Waals surface area (Å²) in [6, 6.07) is 17.2. The Balaban J connectivity index is 1.51. The fourth-order valence-corrected chi connectivity index (χ4v) is 3.38. The smallest absolute Gasteiger partial charge is 0.343 e. The van der Waals surface area contributed by atoms with Crippen LogP contribution in [0, 0.1) is 0 Å². The lowest BCUT2D eigenvalue weighted by atomic mass is 10.1. The average molecular weight is 445 g/mol. The van der Waals surface area contributed by atoms with Gasteiger partial charge in [0.05, 0.1) is 25.3 Å². The molecule has 0 amide bonds. The van der Waals surface area contributed by atoms with Crippen molar-refractivity contribution < 1.29 is 28.5 Å². The largest absolute Gasteiger partial charge is 0.493 e. The number of fused-ring (bicyclic) bond motifs is 1. The number of benzene rings is 3. The number of Topliss-reactive ketones (excluding diaryl/α,β-unsaturated/α-hetero) is 1. The van der Waals surface area contributed by atoms with Crippen molar-refractivity contribution in [2.24, 2.45) is 0 Å². The Labute approximate surface area is 191 Å². The maximum Gasteiger partial charge on any atom is 0.343 e. The van der Waals surface area contributed by atoms with Gasteiger partial charge in [0, 0.05) is 25.8 Å². The maximum absolute atomic E-state index is 12.7.